The van der Waals surface area contributed by atoms with E-state index in [-0.39, 0.29) is 0 Å². The van der Waals surface area contributed by atoms with Gasteiger partial charge in [-0.15, -0.1) is 0 Å². The number of nitrogens with two attached hydrogens (primary N) is 2. The Morgan fingerprint density at radius 1 is 1.53 bits per heavy atom. The summed E-state index contributed by atoms with van der Waals surface area (Å²) >= 11 is 0. The Bertz CT molecular complexity index is 447. The van der Waals surface area contributed by atoms with E-state index in [1.807, 2.05) is 30.4 Å². The molecule has 0 bridgehead atoms. The summed E-state index contributed by atoms with van der Waals surface area (Å²) in [5.74, 6) is 0.484. The summed E-state index contributed by atoms with van der Waals surface area (Å²) < 4.78 is 0. The van der Waals surface area contributed by atoms with Crippen LogP contribution in [0.3, 0.4) is 0 Å². The fraction of sp³-hybridized carbons (Fsp3) is 0.154. The van der Waals surface area contributed by atoms with Crippen LogP contribution in [0.15, 0.2) is 42.0 Å². The van der Waals surface area contributed by atoms with Crippen molar-refractivity contribution in [2.24, 2.45) is 16.5 Å². The number of anilines is 1. The van der Waals surface area contributed by atoms with Crippen LogP contribution in [0.1, 0.15) is 11.1 Å². The maximum atomic E-state index is 5.85. The van der Waals surface area contributed by atoms with Gasteiger partial charge in [0, 0.05) is 24.8 Å². The second-order valence-corrected chi connectivity index (χ2v) is 3.40. The Hall–Kier alpha value is -2.07. The molecule has 1 aromatic carbocycles. The molecular weight excluding hydrogens is 212 g/mol. The van der Waals surface area contributed by atoms with Crippen LogP contribution in [0.4, 0.5) is 5.69 Å². The van der Waals surface area contributed by atoms with Gasteiger partial charge in [-0.25, -0.2) is 0 Å². The minimum Gasteiger partial charge on any atom is -0.383 e. The Labute approximate surface area is 102 Å². The SMILES string of the molecule is C=CNc1ccc(/C=C/CN)cc1C(N)=NC. The molecule has 0 aliphatic heterocycles. The monoisotopic (exact) mass is 230 g/mol. The second-order valence-electron chi connectivity index (χ2n) is 3.40. The van der Waals surface area contributed by atoms with Crippen LogP contribution in [0.5, 0.6) is 0 Å². The predicted octanol–water partition coefficient (Wildman–Crippen LogP) is 1.55. The minimum absolute atomic E-state index is 0.484. The van der Waals surface area contributed by atoms with Gasteiger partial charge < -0.3 is 16.8 Å². The largest absolute Gasteiger partial charge is 0.383 e. The smallest absolute Gasteiger partial charge is 0.127 e. The number of rotatable bonds is 5. The topological polar surface area (TPSA) is 76.4 Å². The van der Waals surface area contributed by atoms with Crippen LogP contribution in [-0.4, -0.2) is 19.4 Å². The van der Waals surface area contributed by atoms with Gasteiger partial charge in [0.1, 0.15) is 5.84 Å². The van der Waals surface area contributed by atoms with Gasteiger partial charge in [0.05, 0.1) is 0 Å². The first-order chi connectivity index (χ1) is 8.22. The third-order valence-corrected chi connectivity index (χ3v) is 2.26. The average molecular weight is 230 g/mol. The lowest BCUT2D eigenvalue weighted by molar-refractivity contribution is 1.26. The second kappa shape index (κ2) is 6.50. The van der Waals surface area contributed by atoms with Gasteiger partial charge in [-0.2, -0.15) is 0 Å². The first-order valence-electron chi connectivity index (χ1n) is 5.33. The normalized spacial score (nSPS) is 11.8. The van der Waals surface area contributed by atoms with E-state index < -0.39 is 0 Å². The fourth-order valence-electron chi connectivity index (χ4n) is 1.44. The lowest BCUT2D eigenvalue weighted by Crippen LogP contribution is -2.15. The summed E-state index contributed by atoms with van der Waals surface area (Å²) in [6.07, 6.45) is 5.44. The Kier molecular flexibility index (Phi) is 4.97. The molecule has 0 heterocycles. The van der Waals surface area contributed by atoms with Crippen molar-refractivity contribution in [3.05, 3.63) is 48.2 Å². The molecule has 0 saturated carbocycles. The highest BCUT2D eigenvalue weighted by Gasteiger charge is 2.05. The number of hydrogen-bond donors (Lipinski definition) is 3. The molecule has 0 atom stereocenters. The Morgan fingerprint density at radius 2 is 2.29 bits per heavy atom. The van der Waals surface area contributed by atoms with E-state index >= 15 is 0 Å². The van der Waals surface area contributed by atoms with Crippen molar-refractivity contribution in [2.45, 2.75) is 0 Å². The number of amidine groups is 1. The maximum Gasteiger partial charge on any atom is 0.127 e. The van der Waals surface area contributed by atoms with Crippen molar-refractivity contribution < 1.29 is 0 Å². The van der Waals surface area contributed by atoms with Crippen molar-refractivity contribution in [2.75, 3.05) is 18.9 Å². The third-order valence-electron chi connectivity index (χ3n) is 2.26. The van der Waals surface area contributed by atoms with Crippen LogP contribution < -0.4 is 16.8 Å². The Morgan fingerprint density at radius 3 is 2.88 bits per heavy atom. The number of benzene rings is 1. The van der Waals surface area contributed by atoms with E-state index in [4.69, 9.17) is 11.5 Å². The van der Waals surface area contributed by atoms with Crippen molar-refractivity contribution in [3.8, 4) is 0 Å². The van der Waals surface area contributed by atoms with Crippen LogP contribution in [0.2, 0.25) is 0 Å². The number of nitrogens with one attached hydrogen (secondary N) is 1. The lowest BCUT2D eigenvalue weighted by atomic mass is 10.1. The summed E-state index contributed by atoms with van der Waals surface area (Å²) in [4.78, 5) is 3.99. The summed E-state index contributed by atoms with van der Waals surface area (Å²) in [7, 11) is 1.66. The number of hydrogen-bond acceptors (Lipinski definition) is 3. The van der Waals surface area contributed by atoms with E-state index in [1.165, 1.54) is 0 Å². The van der Waals surface area contributed by atoms with Gasteiger partial charge in [0.15, 0.2) is 0 Å². The molecule has 4 heteroatoms. The standard InChI is InChI=1S/C13H18N4/c1-3-17-12-7-6-10(5-4-8-14)9-11(12)13(15)16-2/h3-7,9,17H,1,8,14H2,2H3,(H2,15,16)/b5-4+. The molecule has 0 radical (unpaired) electrons. The highest BCUT2D eigenvalue weighted by Crippen LogP contribution is 2.18. The first kappa shape index (κ1) is 13.0. The highest BCUT2D eigenvalue weighted by atomic mass is 14.9. The predicted molar refractivity (Wildman–Crippen MR) is 75.0 cm³/mol. The van der Waals surface area contributed by atoms with Crippen LogP contribution in [0.25, 0.3) is 6.08 Å². The van der Waals surface area contributed by atoms with Gasteiger partial charge in [-0.1, -0.05) is 24.8 Å². The zero-order valence-electron chi connectivity index (χ0n) is 9.98. The molecule has 0 aliphatic rings. The van der Waals surface area contributed by atoms with Gasteiger partial charge in [-0.3, -0.25) is 4.99 Å². The molecule has 4 nitrogen and oxygen atoms in total. The molecule has 0 amide bonds. The highest BCUT2D eigenvalue weighted by molar-refractivity contribution is 6.03. The van der Waals surface area contributed by atoms with Crippen molar-refractivity contribution in [1.29, 1.82) is 0 Å². The molecule has 0 fully saturated rings. The molecule has 1 aromatic rings. The van der Waals surface area contributed by atoms with Crippen LogP contribution in [0, 0.1) is 0 Å². The molecule has 5 N–H and O–H groups in total. The number of aliphatic imine (C=N–C) groups is 1. The van der Waals surface area contributed by atoms with Crippen LogP contribution >= 0.6 is 0 Å². The van der Waals surface area contributed by atoms with E-state index in [0.717, 1.165) is 16.8 Å². The summed E-state index contributed by atoms with van der Waals surface area (Å²) in [6, 6.07) is 5.87. The molecule has 0 aromatic heterocycles. The quantitative estimate of drug-likeness (QED) is 0.530. The molecule has 90 valence electrons. The average Bonchev–Trinajstić information content (AvgIpc) is 2.37. The molecule has 0 aliphatic carbocycles. The Balaban J connectivity index is 3.18. The third kappa shape index (κ3) is 3.46. The molecule has 0 spiro atoms. The van der Waals surface area contributed by atoms with Gasteiger partial charge >= 0.3 is 0 Å². The fourth-order valence-corrected chi connectivity index (χ4v) is 1.44. The summed E-state index contributed by atoms with van der Waals surface area (Å²) in [5.41, 5.74) is 14.0. The zero-order chi connectivity index (χ0) is 12.7. The van der Waals surface area contributed by atoms with Gasteiger partial charge in [0.2, 0.25) is 0 Å². The maximum absolute atomic E-state index is 5.85. The zero-order valence-corrected chi connectivity index (χ0v) is 9.98. The summed E-state index contributed by atoms with van der Waals surface area (Å²) in [5, 5.41) is 3.03. The van der Waals surface area contributed by atoms with E-state index in [0.29, 0.717) is 12.4 Å². The molecule has 17 heavy (non-hydrogen) atoms. The van der Waals surface area contributed by atoms with Crippen molar-refractivity contribution >= 4 is 17.6 Å². The van der Waals surface area contributed by atoms with Crippen LogP contribution in [-0.2, 0) is 0 Å². The van der Waals surface area contributed by atoms with Crippen molar-refractivity contribution in [1.82, 2.24) is 0 Å². The number of nitrogens with zero attached hydrogens (tertiary/aromatic N) is 1. The van der Waals surface area contributed by atoms with E-state index in [1.54, 1.807) is 13.2 Å². The van der Waals surface area contributed by atoms with E-state index in [2.05, 4.69) is 16.9 Å². The molecule has 0 saturated heterocycles. The molecule has 1 rings (SSSR count). The van der Waals surface area contributed by atoms with Gasteiger partial charge in [-0.05, 0) is 23.9 Å². The van der Waals surface area contributed by atoms with Gasteiger partial charge in [0.25, 0.3) is 0 Å². The minimum atomic E-state index is 0.484. The van der Waals surface area contributed by atoms with Crippen molar-refractivity contribution in [3.63, 3.8) is 0 Å². The summed E-state index contributed by atoms with van der Waals surface area (Å²) in [6.45, 7) is 4.15. The van der Waals surface area contributed by atoms with E-state index in [9.17, 15) is 0 Å². The molecule has 0 unspecified atom stereocenters. The molecular formula is C13H18N4. The first-order valence-corrected chi connectivity index (χ1v) is 5.33. The lowest BCUT2D eigenvalue weighted by Gasteiger charge is -2.09.